The van der Waals surface area contributed by atoms with Gasteiger partial charge in [-0.1, -0.05) is 0 Å². The van der Waals surface area contributed by atoms with E-state index in [-0.39, 0.29) is 20.3 Å². The van der Waals surface area contributed by atoms with Crippen LogP contribution in [0.25, 0.3) is 0 Å². The second-order valence-corrected chi connectivity index (χ2v) is 9.79. The molecular weight excluding hydrogens is 549 g/mol. The average molecular weight is 566 g/mol. The summed E-state index contributed by atoms with van der Waals surface area (Å²) in [4.78, 5) is 0. The van der Waals surface area contributed by atoms with Gasteiger partial charge in [-0.2, -0.15) is 33.7 Å². The first-order valence-electron chi connectivity index (χ1n) is 5.44. The van der Waals surface area contributed by atoms with Crippen molar-refractivity contribution in [3.63, 3.8) is 0 Å². The Bertz CT molecular complexity index is 664. The summed E-state index contributed by atoms with van der Waals surface area (Å²) in [6.07, 6.45) is 2.86. The standard InChI is InChI=1S/4CH4O3S.2BF4.Li.H/c4*1-5(2,3)4;2*2-1(3,4)5;;/h4*1H3,(H,2,3,4);;;;/q;;;;2*-1;+1;-1. The molecule has 0 spiro atoms. The first-order chi connectivity index (χ1) is 12.0. The summed E-state index contributed by atoms with van der Waals surface area (Å²) >= 11 is 0. The van der Waals surface area contributed by atoms with Crippen LogP contribution in [0.15, 0.2) is 0 Å². The van der Waals surface area contributed by atoms with Crippen LogP contribution >= 0.6 is 0 Å². The fourth-order valence-corrected chi connectivity index (χ4v) is 0. The Labute approximate surface area is 186 Å². The topological polar surface area (TPSA) is 217 Å². The third-order valence-corrected chi connectivity index (χ3v) is 0. The number of rotatable bonds is 0. The van der Waals surface area contributed by atoms with Crippen LogP contribution in [-0.2, 0) is 40.5 Å². The summed E-state index contributed by atoms with van der Waals surface area (Å²) in [5.41, 5.74) is 0. The summed E-state index contributed by atoms with van der Waals surface area (Å²) in [5, 5.41) is 0. The van der Waals surface area contributed by atoms with Gasteiger partial charge in [-0.15, -0.1) is 0 Å². The Balaban J connectivity index is -0.0000000356. The van der Waals surface area contributed by atoms with E-state index in [0.717, 1.165) is 0 Å². The molecule has 0 bridgehead atoms. The molecule has 0 radical (unpaired) electrons. The molecule has 0 aliphatic carbocycles. The maximum atomic E-state index is 9.75. The Morgan fingerprint density at radius 3 is 0.452 bits per heavy atom. The van der Waals surface area contributed by atoms with Crippen LogP contribution in [0.2, 0.25) is 0 Å². The molecule has 31 heavy (non-hydrogen) atoms. The molecule has 0 atom stereocenters. The van der Waals surface area contributed by atoms with Gasteiger partial charge in [0.2, 0.25) is 0 Å². The smallest absolute Gasteiger partial charge is 1.00 e. The maximum Gasteiger partial charge on any atom is 1.00 e. The van der Waals surface area contributed by atoms with Gasteiger partial charge in [-0.05, 0) is 0 Å². The van der Waals surface area contributed by atoms with E-state index < -0.39 is 55.0 Å². The van der Waals surface area contributed by atoms with Crippen molar-refractivity contribution in [3.8, 4) is 0 Å². The summed E-state index contributed by atoms with van der Waals surface area (Å²) < 4.78 is 181. The summed E-state index contributed by atoms with van der Waals surface area (Å²) in [5.74, 6) is 0. The van der Waals surface area contributed by atoms with Crippen molar-refractivity contribution in [3.05, 3.63) is 0 Å². The van der Waals surface area contributed by atoms with Crippen LogP contribution < -0.4 is 18.9 Å². The molecule has 0 fully saturated rings. The van der Waals surface area contributed by atoms with Gasteiger partial charge in [0.25, 0.3) is 40.5 Å². The molecule has 0 aliphatic rings. The minimum atomic E-state index is -6.00. The van der Waals surface area contributed by atoms with Gasteiger partial charge in [0.1, 0.15) is 0 Å². The van der Waals surface area contributed by atoms with Crippen LogP contribution in [0.3, 0.4) is 0 Å². The molecule has 0 aliphatic heterocycles. The largest absolute Gasteiger partial charge is 1.00 e. The van der Waals surface area contributed by atoms with Crippen molar-refractivity contribution >= 4 is 55.0 Å². The second-order valence-electron chi connectivity index (χ2n) is 3.92. The van der Waals surface area contributed by atoms with Gasteiger partial charge in [0.15, 0.2) is 0 Å². The minimum Gasteiger partial charge on any atom is -1.00 e. The van der Waals surface area contributed by atoms with Crippen LogP contribution in [0, 0.1) is 0 Å². The minimum absolute atomic E-state index is 0. The van der Waals surface area contributed by atoms with Crippen LogP contribution in [0.4, 0.5) is 34.5 Å². The molecule has 0 rings (SSSR count). The Morgan fingerprint density at radius 1 is 0.452 bits per heavy atom. The van der Waals surface area contributed by atoms with Gasteiger partial charge in [-0.25, -0.2) is 0 Å². The van der Waals surface area contributed by atoms with Crippen molar-refractivity contribution in [1.29, 1.82) is 0 Å². The number of hydrogen-bond acceptors (Lipinski definition) is 8. The second kappa shape index (κ2) is 19.3. The molecule has 0 heterocycles. The fraction of sp³-hybridized carbons (Fsp3) is 1.00. The summed E-state index contributed by atoms with van der Waals surface area (Å²) in [6.45, 7) is 0. The van der Waals surface area contributed by atoms with E-state index in [1.165, 1.54) is 0 Å². The van der Waals surface area contributed by atoms with E-state index in [1.54, 1.807) is 0 Å². The van der Waals surface area contributed by atoms with E-state index >= 15 is 0 Å². The van der Waals surface area contributed by atoms with Crippen molar-refractivity contribution in [2.45, 2.75) is 0 Å². The molecule has 194 valence electrons. The number of hydrogen-bond donors (Lipinski definition) is 4. The zero-order valence-corrected chi connectivity index (χ0v) is 19.1. The summed E-state index contributed by atoms with van der Waals surface area (Å²) in [7, 11) is -26.7. The molecule has 0 amide bonds. The molecular formula is C4H17B2F8LiO12S4-2. The fourth-order valence-electron chi connectivity index (χ4n) is 0. The molecule has 12 nitrogen and oxygen atoms in total. The van der Waals surface area contributed by atoms with E-state index in [2.05, 4.69) is 0 Å². The zero-order valence-electron chi connectivity index (χ0n) is 16.9. The van der Waals surface area contributed by atoms with Gasteiger partial charge in [-0.3, -0.25) is 18.2 Å². The monoisotopic (exact) mass is 566 g/mol. The predicted octanol–water partition coefficient (Wildman–Crippen LogP) is -2.27. The Morgan fingerprint density at radius 2 is 0.452 bits per heavy atom. The van der Waals surface area contributed by atoms with Crippen molar-refractivity contribution < 1.29 is 107 Å². The molecule has 0 unspecified atom stereocenters. The van der Waals surface area contributed by atoms with E-state index in [9.17, 15) is 68.2 Å². The molecule has 27 heteroatoms. The third-order valence-electron chi connectivity index (χ3n) is 0. The normalized spacial score (nSPS) is 11.4. The molecule has 4 N–H and O–H groups in total. The predicted molar refractivity (Wildman–Crippen MR) is 91.4 cm³/mol. The molecule has 0 saturated heterocycles. The first kappa shape index (κ1) is 48.3. The van der Waals surface area contributed by atoms with Crippen molar-refractivity contribution in [1.82, 2.24) is 0 Å². The van der Waals surface area contributed by atoms with Gasteiger partial charge >= 0.3 is 33.4 Å². The quantitative estimate of drug-likeness (QED) is 0.139. The Hall–Kier alpha value is -0.193. The van der Waals surface area contributed by atoms with Crippen LogP contribution in [0.5, 0.6) is 0 Å². The van der Waals surface area contributed by atoms with Gasteiger partial charge in [0.05, 0.1) is 25.0 Å². The number of halogens is 8. The van der Waals surface area contributed by atoms with E-state index in [1.807, 2.05) is 0 Å². The van der Waals surface area contributed by atoms with Gasteiger partial charge in [0, 0.05) is 0 Å². The van der Waals surface area contributed by atoms with E-state index in [4.69, 9.17) is 18.2 Å². The molecule has 0 aromatic rings. The molecule has 0 aromatic carbocycles. The van der Waals surface area contributed by atoms with Crippen LogP contribution in [-0.4, -0.2) is 91.4 Å². The zero-order chi connectivity index (χ0) is 27.0. The average Bonchev–Trinajstić information content (AvgIpc) is 1.94. The van der Waals surface area contributed by atoms with E-state index in [0.29, 0.717) is 25.0 Å². The summed E-state index contributed by atoms with van der Waals surface area (Å²) in [6, 6.07) is 0. The van der Waals surface area contributed by atoms with Crippen molar-refractivity contribution in [2.75, 3.05) is 25.0 Å². The van der Waals surface area contributed by atoms with Crippen LogP contribution in [0.1, 0.15) is 1.43 Å². The maximum absolute atomic E-state index is 9.75. The third kappa shape index (κ3) is 621000. The van der Waals surface area contributed by atoms with Gasteiger partial charge < -0.3 is 36.0 Å². The Kier molecular flexibility index (Phi) is 30.1. The first-order valence-corrected chi connectivity index (χ1v) is 12.8. The van der Waals surface area contributed by atoms with Crippen molar-refractivity contribution in [2.24, 2.45) is 0 Å². The molecule has 0 saturated carbocycles. The molecule has 0 aromatic heterocycles. The SMILES string of the molecule is CS(=O)(=O)O.CS(=O)(=O)O.CS(=O)(=O)O.CS(=O)(=O)O.F[B-](F)(F)F.F[B-](F)(F)F.[H-].[Li+].